The summed E-state index contributed by atoms with van der Waals surface area (Å²) in [6.45, 7) is 0. The van der Waals surface area contributed by atoms with Crippen molar-refractivity contribution in [2.45, 2.75) is 12.8 Å². The van der Waals surface area contributed by atoms with Crippen molar-refractivity contribution in [2.75, 3.05) is 7.11 Å². The maximum absolute atomic E-state index is 11.8. The highest BCUT2D eigenvalue weighted by atomic mass is 32.1. The van der Waals surface area contributed by atoms with E-state index in [0.717, 1.165) is 24.0 Å². The Kier molecular flexibility index (Phi) is 2.56. The van der Waals surface area contributed by atoms with Crippen molar-refractivity contribution < 1.29 is 13.9 Å². The number of carbonyl (C=O) groups excluding carboxylic acids is 1. The Bertz CT molecular complexity index is 681. The molecule has 2 aromatic rings. The van der Waals surface area contributed by atoms with Crippen molar-refractivity contribution in [1.29, 1.82) is 0 Å². The van der Waals surface area contributed by atoms with Crippen molar-refractivity contribution in [3.63, 3.8) is 0 Å². The molecule has 5 heteroatoms. The van der Waals surface area contributed by atoms with Gasteiger partial charge in [-0.1, -0.05) is 0 Å². The summed E-state index contributed by atoms with van der Waals surface area (Å²) in [5.74, 6) is -0.0576. The molecule has 0 fully saturated rings. The first kappa shape index (κ1) is 11.2. The van der Waals surface area contributed by atoms with Crippen LogP contribution in [-0.2, 0) is 17.6 Å². The molecule has 0 amide bonds. The normalized spacial score (nSPS) is 12.7. The van der Waals surface area contributed by atoms with Crippen LogP contribution in [-0.4, -0.2) is 13.1 Å². The largest absolute Gasteiger partial charge is 0.465 e. The minimum atomic E-state index is -0.650. The molecule has 0 bridgehead atoms. The van der Waals surface area contributed by atoms with Crippen LogP contribution in [0.15, 0.2) is 26.7 Å². The van der Waals surface area contributed by atoms with E-state index >= 15 is 0 Å². The molecule has 1 aliphatic carbocycles. The average molecular weight is 262 g/mol. The van der Waals surface area contributed by atoms with Gasteiger partial charge in [0.1, 0.15) is 11.3 Å². The maximum Gasteiger partial charge on any atom is 0.351 e. The van der Waals surface area contributed by atoms with Gasteiger partial charge in [-0.2, -0.15) is 0 Å². The molecule has 18 heavy (non-hydrogen) atoms. The summed E-state index contributed by atoms with van der Waals surface area (Å²) in [5, 5.41) is 1.98. The van der Waals surface area contributed by atoms with Gasteiger partial charge >= 0.3 is 11.6 Å². The van der Waals surface area contributed by atoms with Gasteiger partial charge in [0.05, 0.1) is 7.11 Å². The van der Waals surface area contributed by atoms with E-state index in [-0.39, 0.29) is 5.56 Å². The first-order chi connectivity index (χ1) is 8.70. The molecule has 0 spiro atoms. The van der Waals surface area contributed by atoms with E-state index in [1.54, 1.807) is 17.4 Å². The number of carbonyl (C=O) groups is 1. The zero-order chi connectivity index (χ0) is 12.7. The maximum atomic E-state index is 11.8. The monoisotopic (exact) mass is 262 g/mol. The van der Waals surface area contributed by atoms with Crippen LogP contribution in [0.25, 0.3) is 11.3 Å². The Hall–Kier alpha value is -1.88. The van der Waals surface area contributed by atoms with Gasteiger partial charge in [0.2, 0.25) is 0 Å². The van der Waals surface area contributed by atoms with Crippen LogP contribution in [0.3, 0.4) is 0 Å². The molecule has 0 aliphatic heterocycles. The minimum Gasteiger partial charge on any atom is -0.465 e. The molecule has 2 heterocycles. The van der Waals surface area contributed by atoms with Gasteiger partial charge in [0.25, 0.3) is 0 Å². The van der Waals surface area contributed by atoms with Gasteiger partial charge in [0.15, 0.2) is 0 Å². The van der Waals surface area contributed by atoms with Crippen LogP contribution in [0.5, 0.6) is 0 Å². The topological polar surface area (TPSA) is 56.5 Å². The van der Waals surface area contributed by atoms with Gasteiger partial charge in [-0.3, -0.25) is 0 Å². The zero-order valence-electron chi connectivity index (χ0n) is 9.69. The van der Waals surface area contributed by atoms with E-state index < -0.39 is 11.6 Å². The first-order valence-electron chi connectivity index (χ1n) is 5.53. The summed E-state index contributed by atoms with van der Waals surface area (Å²) in [6, 6.07) is 3.53. The summed E-state index contributed by atoms with van der Waals surface area (Å²) in [7, 11) is 1.25. The van der Waals surface area contributed by atoms with Crippen molar-refractivity contribution in [1.82, 2.24) is 0 Å². The molecule has 0 saturated heterocycles. The summed E-state index contributed by atoms with van der Waals surface area (Å²) in [6.07, 6.45) is 1.69. The molecule has 3 rings (SSSR count). The fourth-order valence-corrected chi connectivity index (χ4v) is 3.04. The predicted octanol–water partition coefficient (Wildman–Crippen LogP) is 2.25. The molecular formula is C13H10O4S. The average Bonchev–Trinajstić information content (AvgIpc) is 2.85. The molecule has 92 valence electrons. The van der Waals surface area contributed by atoms with Crippen molar-refractivity contribution in [2.24, 2.45) is 0 Å². The van der Waals surface area contributed by atoms with E-state index in [4.69, 9.17) is 4.42 Å². The Morgan fingerprint density at radius 2 is 2.28 bits per heavy atom. The highest BCUT2D eigenvalue weighted by molar-refractivity contribution is 7.10. The standard InChI is InChI=1S/C13H10O4S/c1-16-12(14)9-6-7-2-3-10-8(4-5-18-10)11(7)17-13(9)15/h4-6H,2-3H2,1H3. The number of hydrogen-bond donors (Lipinski definition) is 0. The smallest absolute Gasteiger partial charge is 0.351 e. The molecule has 2 aromatic heterocycles. The van der Waals surface area contributed by atoms with Crippen LogP contribution >= 0.6 is 11.3 Å². The van der Waals surface area contributed by atoms with Crippen LogP contribution in [0.2, 0.25) is 0 Å². The first-order valence-corrected chi connectivity index (χ1v) is 6.40. The van der Waals surface area contributed by atoms with Gasteiger partial charge < -0.3 is 9.15 Å². The predicted molar refractivity (Wildman–Crippen MR) is 67.0 cm³/mol. The Balaban J connectivity index is 2.21. The molecule has 0 radical (unpaired) electrons. The lowest BCUT2D eigenvalue weighted by Crippen LogP contribution is -2.18. The fourth-order valence-electron chi connectivity index (χ4n) is 2.16. The van der Waals surface area contributed by atoms with Gasteiger partial charge in [-0.05, 0) is 35.9 Å². The van der Waals surface area contributed by atoms with Gasteiger partial charge in [0, 0.05) is 10.4 Å². The molecule has 0 aromatic carbocycles. The molecular weight excluding hydrogens is 252 g/mol. The third-order valence-corrected chi connectivity index (χ3v) is 4.02. The number of ether oxygens (including phenoxy) is 1. The third kappa shape index (κ3) is 1.59. The molecule has 4 nitrogen and oxygen atoms in total. The lowest BCUT2D eigenvalue weighted by Gasteiger charge is -2.14. The van der Waals surface area contributed by atoms with Crippen molar-refractivity contribution in [3.05, 3.63) is 43.9 Å². The van der Waals surface area contributed by atoms with Crippen LogP contribution in [0, 0.1) is 0 Å². The van der Waals surface area contributed by atoms with Gasteiger partial charge in [-0.25, -0.2) is 9.59 Å². The molecule has 0 atom stereocenters. The number of hydrogen-bond acceptors (Lipinski definition) is 5. The van der Waals surface area contributed by atoms with E-state index in [1.807, 2.05) is 11.4 Å². The number of aryl methyl sites for hydroxylation is 2. The molecule has 1 aliphatic rings. The lowest BCUT2D eigenvalue weighted by atomic mass is 9.95. The SMILES string of the molecule is COC(=O)c1cc2c(oc1=O)-c1ccsc1CC2. The highest BCUT2D eigenvalue weighted by Gasteiger charge is 2.23. The number of thiophene rings is 1. The second-order valence-corrected chi connectivity index (χ2v) is 5.05. The second kappa shape index (κ2) is 4.10. The van der Waals surface area contributed by atoms with Gasteiger partial charge in [-0.15, -0.1) is 11.3 Å². The van der Waals surface area contributed by atoms with E-state index in [9.17, 15) is 9.59 Å². The molecule has 0 N–H and O–H groups in total. The number of esters is 1. The van der Waals surface area contributed by atoms with Crippen LogP contribution in [0.4, 0.5) is 0 Å². The Morgan fingerprint density at radius 3 is 3.06 bits per heavy atom. The van der Waals surface area contributed by atoms with Crippen LogP contribution < -0.4 is 5.63 Å². The van der Waals surface area contributed by atoms with Crippen molar-refractivity contribution in [3.8, 4) is 11.3 Å². The van der Waals surface area contributed by atoms with Crippen molar-refractivity contribution >= 4 is 17.3 Å². The number of fused-ring (bicyclic) bond motifs is 3. The Labute approximate surface area is 107 Å². The third-order valence-electron chi connectivity index (χ3n) is 3.04. The highest BCUT2D eigenvalue weighted by Crippen LogP contribution is 2.36. The summed E-state index contributed by atoms with van der Waals surface area (Å²) in [4.78, 5) is 24.4. The fraction of sp³-hybridized carbons (Fsp3) is 0.231. The Morgan fingerprint density at radius 1 is 1.44 bits per heavy atom. The summed E-state index contributed by atoms with van der Waals surface area (Å²) >= 11 is 1.66. The van der Waals surface area contributed by atoms with E-state index in [1.165, 1.54) is 12.0 Å². The summed E-state index contributed by atoms with van der Waals surface area (Å²) in [5.41, 5.74) is 1.19. The van der Waals surface area contributed by atoms with E-state index in [0.29, 0.717) is 5.76 Å². The second-order valence-electron chi connectivity index (χ2n) is 4.05. The number of rotatable bonds is 1. The van der Waals surface area contributed by atoms with Crippen LogP contribution in [0.1, 0.15) is 20.8 Å². The number of methoxy groups -OCH3 is 1. The van der Waals surface area contributed by atoms with E-state index in [2.05, 4.69) is 4.74 Å². The summed E-state index contributed by atoms with van der Waals surface area (Å²) < 4.78 is 9.85. The quantitative estimate of drug-likeness (QED) is 0.740. The minimum absolute atomic E-state index is 0.0325. The molecule has 0 saturated carbocycles. The zero-order valence-corrected chi connectivity index (χ0v) is 10.5. The molecule has 0 unspecified atom stereocenters. The lowest BCUT2D eigenvalue weighted by molar-refractivity contribution is 0.0595.